The van der Waals surface area contributed by atoms with Crippen LogP contribution in [0.5, 0.6) is 5.75 Å². The van der Waals surface area contributed by atoms with Crippen LogP contribution in [0.3, 0.4) is 0 Å². The summed E-state index contributed by atoms with van der Waals surface area (Å²) in [6.07, 6.45) is 2.59. The third-order valence-corrected chi connectivity index (χ3v) is 5.81. The molecule has 1 heterocycles. The van der Waals surface area contributed by atoms with Crippen molar-refractivity contribution in [1.29, 1.82) is 0 Å². The number of rotatable bonds is 9. The zero-order valence-electron chi connectivity index (χ0n) is 19.5. The van der Waals surface area contributed by atoms with Crippen molar-refractivity contribution in [1.82, 2.24) is 5.32 Å². The van der Waals surface area contributed by atoms with Crippen LogP contribution in [0.1, 0.15) is 42.1 Å². The minimum atomic E-state index is -0.317. The molecule has 0 spiro atoms. The van der Waals surface area contributed by atoms with Crippen LogP contribution in [-0.4, -0.2) is 30.9 Å². The molecule has 3 aromatic rings. The van der Waals surface area contributed by atoms with Gasteiger partial charge in [0.1, 0.15) is 12.4 Å². The number of carbonyl (C=O) groups excluding carboxylic acids is 2. The standard InChI is InChI=1S/C28H31N3O3/c1-21(17-27(32)30-24-12-8-13-25(19-24)31-15-5-6-16-31)29-28(33)23-11-7-14-26(18-23)34-20-22-9-3-2-4-10-22/h2-4,7-14,18-19,21H,5-6,15-17,20H2,1H3,(H,29,33)(H,30,32). The smallest absolute Gasteiger partial charge is 0.251 e. The Balaban J connectivity index is 1.27. The molecule has 6 heteroatoms. The van der Waals surface area contributed by atoms with E-state index >= 15 is 0 Å². The summed E-state index contributed by atoms with van der Waals surface area (Å²) in [5.74, 6) is 0.257. The number of carbonyl (C=O) groups is 2. The third kappa shape index (κ3) is 6.61. The third-order valence-electron chi connectivity index (χ3n) is 5.81. The molecule has 1 unspecified atom stereocenters. The van der Waals surface area contributed by atoms with Crippen LogP contribution in [0.25, 0.3) is 0 Å². The zero-order chi connectivity index (χ0) is 23.8. The van der Waals surface area contributed by atoms with Crippen molar-refractivity contribution in [2.24, 2.45) is 0 Å². The SMILES string of the molecule is CC(CC(=O)Nc1cccc(N2CCCC2)c1)NC(=O)c1cccc(OCc2ccccc2)c1. The lowest BCUT2D eigenvalue weighted by Gasteiger charge is -2.19. The minimum absolute atomic E-state index is 0.133. The molecule has 0 radical (unpaired) electrons. The molecule has 2 N–H and O–H groups in total. The van der Waals surface area contributed by atoms with E-state index in [1.165, 1.54) is 12.8 Å². The monoisotopic (exact) mass is 457 g/mol. The van der Waals surface area contributed by atoms with Crippen molar-refractivity contribution in [3.8, 4) is 5.75 Å². The molecule has 0 saturated carbocycles. The fourth-order valence-corrected chi connectivity index (χ4v) is 4.07. The number of hydrogen-bond donors (Lipinski definition) is 2. The molecule has 1 aliphatic heterocycles. The van der Waals surface area contributed by atoms with Gasteiger partial charge in [0.2, 0.25) is 5.91 Å². The molecular weight excluding hydrogens is 426 g/mol. The number of hydrogen-bond acceptors (Lipinski definition) is 4. The maximum Gasteiger partial charge on any atom is 0.251 e. The largest absolute Gasteiger partial charge is 0.489 e. The average Bonchev–Trinajstić information content (AvgIpc) is 3.39. The normalized spacial score (nSPS) is 13.9. The summed E-state index contributed by atoms with van der Waals surface area (Å²) in [6, 6.07) is 24.6. The molecule has 0 bridgehead atoms. The Kier molecular flexibility index (Phi) is 7.81. The van der Waals surface area contributed by atoms with E-state index in [2.05, 4.69) is 21.6 Å². The van der Waals surface area contributed by atoms with Crippen LogP contribution >= 0.6 is 0 Å². The molecule has 1 atom stereocenters. The first kappa shape index (κ1) is 23.4. The van der Waals surface area contributed by atoms with E-state index < -0.39 is 0 Å². The second-order valence-electron chi connectivity index (χ2n) is 8.67. The molecule has 3 aromatic carbocycles. The Morgan fingerprint density at radius 3 is 2.50 bits per heavy atom. The predicted molar refractivity (Wildman–Crippen MR) is 135 cm³/mol. The molecule has 34 heavy (non-hydrogen) atoms. The van der Waals surface area contributed by atoms with Crippen LogP contribution in [0.4, 0.5) is 11.4 Å². The number of anilines is 2. The van der Waals surface area contributed by atoms with Gasteiger partial charge in [-0.2, -0.15) is 0 Å². The van der Waals surface area contributed by atoms with Gasteiger partial charge in [0.15, 0.2) is 0 Å². The van der Waals surface area contributed by atoms with Crippen LogP contribution in [0.2, 0.25) is 0 Å². The summed E-state index contributed by atoms with van der Waals surface area (Å²) in [5.41, 5.74) is 3.46. The molecule has 0 aromatic heterocycles. The summed E-state index contributed by atoms with van der Waals surface area (Å²) >= 11 is 0. The van der Waals surface area contributed by atoms with Crippen LogP contribution in [-0.2, 0) is 11.4 Å². The van der Waals surface area contributed by atoms with Gasteiger partial charge >= 0.3 is 0 Å². The molecule has 4 rings (SSSR count). The zero-order valence-corrected chi connectivity index (χ0v) is 19.5. The predicted octanol–water partition coefficient (Wildman–Crippen LogP) is 5.01. The van der Waals surface area contributed by atoms with Gasteiger partial charge in [0, 0.05) is 42.5 Å². The minimum Gasteiger partial charge on any atom is -0.489 e. The number of nitrogens with one attached hydrogen (secondary N) is 2. The number of nitrogens with zero attached hydrogens (tertiary/aromatic N) is 1. The lowest BCUT2D eigenvalue weighted by atomic mass is 10.1. The van der Waals surface area contributed by atoms with E-state index in [-0.39, 0.29) is 24.3 Å². The Bertz CT molecular complexity index is 1110. The number of ether oxygens (including phenoxy) is 1. The van der Waals surface area contributed by atoms with Crippen molar-refractivity contribution >= 4 is 23.2 Å². The Labute approximate surface area is 200 Å². The van der Waals surface area contributed by atoms with Crippen molar-refractivity contribution in [2.75, 3.05) is 23.3 Å². The molecule has 6 nitrogen and oxygen atoms in total. The molecule has 2 amide bonds. The molecule has 1 aliphatic rings. The summed E-state index contributed by atoms with van der Waals surface area (Å²) < 4.78 is 5.82. The quantitative estimate of drug-likeness (QED) is 0.474. The van der Waals surface area contributed by atoms with Crippen molar-refractivity contribution in [2.45, 2.75) is 38.8 Å². The highest BCUT2D eigenvalue weighted by Gasteiger charge is 2.16. The van der Waals surface area contributed by atoms with Gasteiger partial charge in [-0.25, -0.2) is 0 Å². The molecule has 176 valence electrons. The van der Waals surface area contributed by atoms with Gasteiger partial charge in [0.25, 0.3) is 5.91 Å². The average molecular weight is 458 g/mol. The first-order chi connectivity index (χ1) is 16.6. The van der Waals surface area contributed by atoms with E-state index in [9.17, 15) is 9.59 Å². The van der Waals surface area contributed by atoms with Gasteiger partial charge in [-0.05, 0) is 61.7 Å². The van der Waals surface area contributed by atoms with E-state index in [1.807, 2.05) is 61.5 Å². The van der Waals surface area contributed by atoms with Crippen LogP contribution in [0, 0.1) is 0 Å². The number of benzene rings is 3. The van der Waals surface area contributed by atoms with Gasteiger partial charge in [-0.15, -0.1) is 0 Å². The Morgan fingerprint density at radius 1 is 0.941 bits per heavy atom. The summed E-state index contributed by atoms with van der Waals surface area (Å²) in [5, 5.41) is 5.86. The topological polar surface area (TPSA) is 70.7 Å². The van der Waals surface area contributed by atoms with Gasteiger partial charge in [0.05, 0.1) is 0 Å². The Morgan fingerprint density at radius 2 is 1.71 bits per heavy atom. The lowest BCUT2D eigenvalue weighted by Crippen LogP contribution is -2.35. The highest BCUT2D eigenvalue weighted by Crippen LogP contribution is 2.23. The molecular formula is C28H31N3O3. The highest BCUT2D eigenvalue weighted by molar-refractivity contribution is 5.96. The molecule has 1 fully saturated rings. The summed E-state index contributed by atoms with van der Waals surface area (Å²) in [6.45, 7) is 4.37. The fraction of sp³-hybridized carbons (Fsp3) is 0.286. The van der Waals surface area contributed by atoms with Crippen molar-refractivity contribution in [3.63, 3.8) is 0 Å². The fourth-order valence-electron chi connectivity index (χ4n) is 4.07. The second-order valence-corrected chi connectivity index (χ2v) is 8.67. The van der Waals surface area contributed by atoms with E-state index in [0.717, 1.165) is 30.0 Å². The highest BCUT2D eigenvalue weighted by atomic mass is 16.5. The maximum absolute atomic E-state index is 12.7. The number of amides is 2. The van der Waals surface area contributed by atoms with Crippen molar-refractivity contribution < 1.29 is 14.3 Å². The van der Waals surface area contributed by atoms with Gasteiger partial charge in [-0.1, -0.05) is 42.5 Å². The van der Waals surface area contributed by atoms with E-state index in [4.69, 9.17) is 4.74 Å². The summed E-state index contributed by atoms with van der Waals surface area (Å²) in [7, 11) is 0. The van der Waals surface area contributed by atoms with E-state index in [1.54, 1.807) is 18.2 Å². The molecule has 1 saturated heterocycles. The second kappa shape index (κ2) is 11.4. The summed E-state index contributed by atoms with van der Waals surface area (Å²) in [4.78, 5) is 27.6. The van der Waals surface area contributed by atoms with Crippen LogP contribution < -0.4 is 20.3 Å². The van der Waals surface area contributed by atoms with Crippen LogP contribution in [0.15, 0.2) is 78.9 Å². The van der Waals surface area contributed by atoms with E-state index in [0.29, 0.717) is 17.9 Å². The van der Waals surface area contributed by atoms with Gasteiger partial charge < -0.3 is 20.3 Å². The van der Waals surface area contributed by atoms with Gasteiger partial charge in [-0.3, -0.25) is 9.59 Å². The Hall–Kier alpha value is -3.80. The maximum atomic E-state index is 12.7. The first-order valence-electron chi connectivity index (χ1n) is 11.8. The molecule has 0 aliphatic carbocycles. The lowest BCUT2D eigenvalue weighted by molar-refractivity contribution is -0.116. The van der Waals surface area contributed by atoms with Crippen molar-refractivity contribution in [3.05, 3.63) is 90.0 Å². The first-order valence-corrected chi connectivity index (χ1v) is 11.8.